The molecule has 0 aliphatic rings. The van der Waals surface area contributed by atoms with E-state index in [-0.39, 0.29) is 0 Å². The Labute approximate surface area is 119 Å². The van der Waals surface area contributed by atoms with Gasteiger partial charge in [-0.25, -0.2) is 0 Å². The summed E-state index contributed by atoms with van der Waals surface area (Å²) in [5.74, 6) is 0. The van der Waals surface area contributed by atoms with E-state index in [9.17, 15) is 0 Å². The Hall–Kier alpha value is -1.91. The Kier molecular flexibility index (Phi) is 3.19. The van der Waals surface area contributed by atoms with Crippen molar-refractivity contribution in [2.24, 2.45) is 0 Å². The smallest absolute Gasteiger partial charge is 0.133 e. The lowest BCUT2D eigenvalue weighted by Crippen LogP contribution is -1.90. The third kappa shape index (κ3) is 2.32. The second-order valence-electron chi connectivity index (χ2n) is 3.82. The van der Waals surface area contributed by atoms with Crippen molar-refractivity contribution in [1.82, 2.24) is 15.4 Å². The molecule has 0 aliphatic carbocycles. The van der Waals surface area contributed by atoms with Crippen molar-refractivity contribution in [3.05, 3.63) is 52.8 Å². The van der Waals surface area contributed by atoms with Crippen molar-refractivity contribution in [2.75, 3.05) is 0 Å². The molecule has 2 aromatic heterocycles. The van der Waals surface area contributed by atoms with Crippen LogP contribution in [0.4, 0.5) is 0 Å². The number of nitrogens with zero attached hydrogens (tertiary/aromatic N) is 3. The van der Waals surface area contributed by atoms with Gasteiger partial charge in [0.15, 0.2) is 0 Å². The van der Waals surface area contributed by atoms with Crippen molar-refractivity contribution in [2.45, 2.75) is 0 Å². The second kappa shape index (κ2) is 4.99. The van der Waals surface area contributed by atoms with Gasteiger partial charge in [0.05, 0.1) is 33.2 Å². The maximum atomic E-state index is 6.14. The van der Waals surface area contributed by atoms with Crippen LogP contribution < -0.4 is 0 Å². The molecule has 0 saturated heterocycles. The van der Waals surface area contributed by atoms with Gasteiger partial charge in [-0.15, -0.1) is 10.2 Å². The molecular formula is C13H7Cl2N3O. The van der Waals surface area contributed by atoms with E-state index < -0.39 is 0 Å². The van der Waals surface area contributed by atoms with Crippen molar-refractivity contribution >= 4 is 23.2 Å². The van der Waals surface area contributed by atoms with E-state index in [2.05, 4.69) is 15.4 Å². The Morgan fingerprint density at radius 3 is 2.42 bits per heavy atom. The van der Waals surface area contributed by atoms with Gasteiger partial charge < -0.3 is 4.52 Å². The number of halogens is 2. The highest BCUT2D eigenvalue weighted by molar-refractivity contribution is 6.43. The van der Waals surface area contributed by atoms with Gasteiger partial charge in [0.2, 0.25) is 0 Å². The topological polar surface area (TPSA) is 51.8 Å². The molecule has 0 unspecified atom stereocenters. The molecule has 0 fully saturated rings. The first-order chi connectivity index (χ1) is 9.25. The molecule has 0 aliphatic heterocycles. The average molecular weight is 292 g/mol. The minimum Gasteiger partial charge on any atom is -0.364 e. The molecule has 4 nitrogen and oxygen atoms in total. The summed E-state index contributed by atoms with van der Waals surface area (Å²) in [4.78, 5) is 0. The lowest BCUT2D eigenvalue weighted by atomic mass is 10.1. The van der Waals surface area contributed by atoms with Gasteiger partial charge in [0.1, 0.15) is 6.26 Å². The van der Waals surface area contributed by atoms with E-state index in [1.807, 2.05) is 24.3 Å². The molecule has 3 aromatic rings. The molecule has 3 rings (SSSR count). The van der Waals surface area contributed by atoms with Crippen molar-refractivity contribution < 1.29 is 4.52 Å². The summed E-state index contributed by atoms with van der Waals surface area (Å²) in [5.41, 5.74) is 2.87. The van der Waals surface area contributed by atoms with Gasteiger partial charge in [0, 0.05) is 5.56 Å². The predicted molar refractivity (Wildman–Crippen MR) is 73.0 cm³/mol. The van der Waals surface area contributed by atoms with E-state index >= 15 is 0 Å². The van der Waals surface area contributed by atoms with Crippen LogP contribution in [0.25, 0.3) is 22.5 Å². The first-order valence-electron chi connectivity index (χ1n) is 5.43. The highest BCUT2D eigenvalue weighted by atomic mass is 35.5. The maximum Gasteiger partial charge on any atom is 0.133 e. The van der Waals surface area contributed by atoms with E-state index in [0.29, 0.717) is 21.4 Å². The minimum absolute atomic E-state index is 0.469. The molecule has 2 heterocycles. The lowest BCUT2D eigenvalue weighted by Gasteiger charge is -2.04. The molecule has 0 spiro atoms. The SMILES string of the molecule is Clc1cccc(-c2ccc(-c3cnoc3)nn2)c1Cl. The Morgan fingerprint density at radius 1 is 0.947 bits per heavy atom. The summed E-state index contributed by atoms with van der Waals surface area (Å²) in [6, 6.07) is 9.04. The van der Waals surface area contributed by atoms with Crippen LogP contribution in [0.5, 0.6) is 0 Å². The van der Waals surface area contributed by atoms with Gasteiger partial charge in [-0.05, 0) is 18.2 Å². The fourth-order valence-electron chi connectivity index (χ4n) is 1.66. The van der Waals surface area contributed by atoms with E-state index in [4.69, 9.17) is 27.7 Å². The lowest BCUT2D eigenvalue weighted by molar-refractivity contribution is 0.420. The number of hydrogen-bond donors (Lipinski definition) is 0. The normalized spacial score (nSPS) is 10.6. The molecule has 1 aromatic carbocycles. The van der Waals surface area contributed by atoms with Gasteiger partial charge in [-0.1, -0.05) is 40.5 Å². The summed E-state index contributed by atoms with van der Waals surface area (Å²) < 4.78 is 4.76. The van der Waals surface area contributed by atoms with Gasteiger partial charge in [-0.2, -0.15) is 0 Å². The Bertz CT molecular complexity index is 696. The minimum atomic E-state index is 0.469. The monoisotopic (exact) mass is 291 g/mol. The van der Waals surface area contributed by atoms with Gasteiger partial charge in [0.25, 0.3) is 0 Å². The highest BCUT2D eigenvalue weighted by Crippen LogP contribution is 2.32. The summed E-state index contributed by atoms with van der Waals surface area (Å²) >= 11 is 12.1. The summed E-state index contributed by atoms with van der Waals surface area (Å²) in [7, 11) is 0. The molecule has 0 N–H and O–H groups in total. The molecule has 94 valence electrons. The van der Waals surface area contributed by atoms with Crippen molar-refractivity contribution in [1.29, 1.82) is 0 Å². The van der Waals surface area contributed by atoms with Crippen LogP contribution >= 0.6 is 23.2 Å². The fourth-order valence-corrected chi connectivity index (χ4v) is 2.06. The molecule has 0 radical (unpaired) electrons. The van der Waals surface area contributed by atoms with Gasteiger partial charge in [-0.3, -0.25) is 0 Å². The molecule has 0 atom stereocenters. The number of benzene rings is 1. The number of aromatic nitrogens is 3. The summed E-state index contributed by atoms with van der Waals surface area (Å²) in [6.07, 6.45) is 3.09. The van der Waals surface area contributed by atoms with Crippen LogP contribution in [0, 0.1) is 0 Å². The summed E-state index contributed by atoms with van der Waals surface area (Å²) in [6.45, 7) is 0. The number of rotatable bonds is 2. The zero-order chi connectivity index (χ0) is 13.2. The summed E-state index contributed by atoms with van der Waals surface area (Å²) in [5, 5.41) is 12.8. The average Bonchev–Trinajstić information content (AvgIpc) is 2.96. The third-order valence-corrected chi connectivity index (χ3v) is 3.44. The quantitative estimate of drug-likeness (QED) is 0.713. The first-order valence-corrected chi connectivity index (χ1v) is 6.19. The molecule has 6 heteroatoms. The third-order valence-electron chi connectivity index (χ3n) is 2.62. The van der Waals surface area contributed by atoms with Crippen LogP contribution in [0.1, 0.15) is 0 Å². The van der Waals surface area contributed by atoms with E-state index in [0.717, 1.165) is 11.1 Å². The van der Waals surface area contributed by atoms with Crippen molar-refractivity contribution in [3.8, 4) is 22.5 Å². The van der Waals surface area contributed by atoms with Crippen molar-refractivity contribution in [3.63, 3.8) is 0 Å². The van der Waals surface area contributed by atoms with E-state index in [1.54, 1.807) is 12.3 Å². The molecule has 0 bridgehead atoms. The highest BCUT2D eigenvalue weighted by Gasteiger charge is 2.09. The Balaban J connectivity index is 2.01. The fraction of sp³-hybridized carbons (Fsp3) is 0. The molecule has 0 saturated carbocycles. The molecular weight excluding hydrogens is 285 g/mol. The standard InChI is InChI=1S/C13H7Cl2N3O/c14-10-3-1-2-9(13(10)15)12-5-4-11(17-18-12)8-6-16-19-7-8/h1-7H. The molecule has 19 heavy (non-hydrogen) atoms. The van der Waals surface area contributed by atoms with Crippen LogP contribution in [-0.2, 0) is 0 Å². The van der Waals surface area contributed by atoms with Crippen LogP contribution in [0.15, 0.2) is 47.3 Å². The predicted octanol–water partition coefficient (Wildman–Crippen LogP) is 4.11. The van der Waals surface area contributed by atoms with Gasteiger partial charge >= 0.3 is 0 Å². The van der Waals surface area contributed by atoms with Crippen LogP contribution in [0.2, 0.25) is 10.0 Å². The second-order valence-corrected chi connectivity index (χ2v) is 4.60. The van der Waals surface area contributed by atoms with Crippen LogP contribution in [0.3, 0.4) is 0 Å². The zero-order valence-electron chi connectivity index (χ0n) is 9.55. The zero-order valence-corrected chi connectivity index (χ0v) is 11.1. The largest absolute Gasteiger partial charge is 0.364 e. The maximum absolute atomic E-state index is 6.14. The number of hydrogen-bond acceptors (Lipinski definition) is 4. The van der Waals surface area contributed by atoms with E-state index in [1.165, 1.54) is 6.26 Å². The Morgan fingerprint density at radius 2 is 1.74 bits per heavy atom. The first kappa shape index (κ1) is 12.1. The van der Waals surface area contributed by atoms with Crippen LogP contribution in [-0.4, -0.2) is 15.4 Å². The molecule has 0 amide bonds.